The molecule has 0 heterocycles. The molecule has 4 nitrogen and oxygen atoms in total. The number of aliphatic hydroxyl groups is 1. The molecule has 0 aromatic heterocycles. The van der Waals surface area contributed by atoms with Crippen LogP contribution in [0.2, 0.25) is 10.0 Å². The quantitative estimate of drug-likeness (QED) is 0.856. The van der Waals surface area contributed by atoms with Crippen molar-refractivity contribution in [1.29, 1.82) is 0 Å². The van der Waals surface area contributed by atoms with Crippen LogP contribution in [-0.2, 0) is 11.2 Å². The number of nitrogens with zero attached hydrogens (tertiary/aromatic N) is 1. The van der Waals surface area contributed by atoms with Crippen LogP contribution in [0.4, 0.5) is 13.2 Å². The number of fused-ring (bicyclic) bond motifs is 1. The third-order valence-corrected chi connectivity index (χ3v) is 4.20. The molecule has 128 valence electrons. The van der Waals surface area contributed by atoms with Gasteiger partial charge in [-0.1, -0.05) is 23.2 Å². The van der Waals surface area contributed by atoms with Crippen LogP contribution in [0.15, 0.2) is 12.1 Å². The van der Waals surface area contributed by atoms with Gasteiger partial charge in [-0.3, -0.25) is 9.69 Å². The Morgan fingerprint density at radius 2 is 2.09 bits per heavy atom. The minimum absolute atomic E-state index is 0.290. The highest BCUT2D eigenvalue weighted by molar-refractivity contribution is 6.35. The lowest BCUT2D eigenvalue weighted by Gasteiger charge is -2.27. The van der Waals surface area contributed by atoms with E-state index in [1.807, 2.05) is 0 Å². The van der Waals surface area contributed by atoms with E-state index >= 15 is 0 Å². The number of halogens is 5. The molecular weight excluding hydrogens is 356 g/mol. The number of hydrogen-bond donors (Lipinski definition) is 2. The second kappa shape index (κ2) is 6.84. The largest absolute Gasteiger partial charge is 0.405 e. The van der Waals surface area contributed by atoms with E-state index in [2.05, 4.69) is 0 Å². The molecule has 1 amide bonds. The number of carbonyl (C=O) groups excluding carboxylic acids is 1. The summed E-state index contributed by atoms with van der Waals surface area (Å²) in [7, 11) is 1.55. The number of benzene rings is 1. The summed E-state index contributed by atoms with van der Waals surface area (Å²) in [6, 6.07) is 2.65. The highest BCUT2D eigenvalue weighted by Gasteiger charge is 2.36. The van der Waals surface area contributed by atoms with E-state index in [9.17, 15) is 23.1 Å². The van der Waals surface area contributed by atoms with Crippen LogP contribution in [0.5, 0.6) is 0 Å². The summed E-state index contributed by atoms with van der Waals surface area (Å²) >= 11 is 12.1. The molecule has 1 aliphatic carbocycles. The van der Waals surface area contributed by atoms with Crippen molar-refractivity contribution >= 4 is 29.1 Å². The smallest absolute Gasteiger partial charge is 0.391 e. The van der Waals surface area contributed by atoms with Crippen LogP contribution in [-0.4, -0.2) is 48.3 Å². The van der Waals surface area contributed by atoms with Gasteiger partial charge in [0.1, 0.15) is 6.54 Å². The minimum Gasteiger partial charge on any atom is -0.391 e. The first-order valence-corrected chi connectivity index (χ1v) is 7.53. The lowest BCUT2D eigenvalue weighted by atomic mass is 10.1. The van der Waals surface area contributed by atoms with Crippen molar-refractivity contribution in [3.63, 3.8) is 0 Å². The summed E-state index contributed by atoms with van der Waals surface area (Å²) in [6.45, 7) is -1.68. The van der Waals surface area contributed by atoms with Crippen LogP contribution >= 0.6 is 23.2 Å². The normalized spacial score (nSPS) is 20.7. The van der Waals surface area contributed by atoms with Gasteiger partial charge in [0.2, 0.25) is 5.91 Å². The van der Waals surface area contributed by atoms with Crippen molar-refractivity contribution in [2.24, 2.45) is 0 Å². The standard InChI is InChI=1S/C14H15Cl2F3N2O2/c1-21(5-12(23)20-6-14(17,18)19)13-9-2-7(15)3-10(16)8(9)4-11(13)22/h2-3,11,13,22H,4-6H2,1H3,(H,20,23). The molecule has 0 spiro atoms. The van der Waals surface area contributed by atoms with E-state index < -0.39 is 30.8 Å². The lowest BCUT2D eigenvalue weighted by molar-refractivity contribution is -0.139. The molecule has 0 radical (unpaired) electrons. The Kier molecular flexibility index (Phi) is 5.45. The maximum Gasteiger partial charge on any atom is 0.405 e. The zero-order chi connectivity index (χ0) is 17.4. The molecule has 2 N–H and O–H groups in total. The molecular formula is C14H15Cl2F3N2O2. The second-order valence-corrected chi connectivity index (χ2v) is 6.32. The molecule has 0 saturated heterocycles. The van der Waals surface area contributed by atoms with Gasteiger partial charge in [-0.05, 0) is 30.3 Å². The van der Waals surface area contributed by atoms with Crippen molar-refractivity contribution in [3.8, 4) is 0 Å². The van der Waals surface area contributed by atoms with Crippen LogP contribution in [0.25, 0.3) is 0 Å². The highest BCUT2D eigenvalue weighted by atomic mass is 35.5. The Morgan fingerprint density at radius 3 is 2.70 bits per heavy atom. The van der Waals surface area contributed by atoms with Crippen LogP contribution in [0.1, 0.15) is 17.2 Å². The number of hydrogen-bond acceptors (Lipinski definition) is 3. The summed E-state index contributed by atoms with van der Waals surface area (Å²) in [4.78, 5) is 13.1. The van der Waals surface area contributed by atoms with Crippen molar-refractivity contribution in [3.05, 3.63) is 33.3 Å². The molecule has 0 aliphatic heterocycles. The number of alkyl halides is 3. The Hall–Kier alpha value is -1.02. The van der Waals surface area contributed by atoms with E-state index in [-0.39, 0.29) is 6.54 Å². The first kappa shape index (κ1) is 18.3. The molecule has 23 heavy (non-hydrogen) atoms. The highest BCUT2D eigenvalue weighted by Crippen LogP contribution is 2.40. The number of aliphatic hydroxyl groups excluding tert-OH is 1. The van der Waals surface area contributed by atoms with Gasteiger partial charge in [0.15, 0.2) is 0 Å². The fraction of sp³-hybridized carbons (Fsp3) is 0.500. The maximum absolute atomic E-state index is 12.1. The molecule has 2 unspecified atom stereocenters. The number of amides is 1. The Morgan fingerprint density at radius 1 is 1.43 bits per heavy atom. The number of rotatable bonds is 4. The molecule has 1 aromatic carbocycles. The fourth-order valence-electron chi connectivity index (χ4n) is 2.74. The van der Waals surface area contributed by atoms with Gasteiger partial charge < -0.3 is 10.4 Å². The fourth-order valence-corrected chi connectivity index (χ4v) is 3.33. The first-order valence-electron chi connectivity index (χ1n) is 6.78. The van der Waals surface area contributed by atoms with Gasteiger partial charge in [-0.25, -0.2) is 0 Å². The third-order valence-electron chi connectivity index (χ3n) is 3.65. The van der Waals surface area contributed by atoms with Gasteiger partial charge in [-0.15, -0.1) is 0 Å². The van der Waals surface area contributed by atoms with Crippen molar-refractivity contribution < 1.29 is 23.1 Å². The van der Waals surface area contributed by atoms with E-state index in [1.165, 1.54) is 4.90 Å². The number of carbonyl (C=O) groups is 1. The average Bonchev–Trinajstić information content (AvgIpc) is 2.72. The zero-order valence-corrected chi connectivity index (χ0v) is 13.6. The average molecular weight is 371 g/mol. The van der Waals surface area contributed by atoms with E-state index in [1.54, 1.807) is 24.5 Å². The van der Waals surface area contributed by atoms with Crippen LogP contribution < -0.4 is 5.32 Å². The van der Waals surface area contributed by atoms with Crippen molar-refractivity contribution in [2.75, 3.05) is 20.1 Å². The molecule has 2 rings (SSSR count). The second-order valence-electron chi connectivity index (χ2n) is 5.48. The Balaban J connectivity index is 2.09. The van der Waals surface area contributed by atoms with Gasteiger partial charge in [0.05, 0.1) is 18.7 Å². The monoisotopic (exact) mass is 370 g/mol. The first-order chi connectivity index (χ1) is 10.6. The topological polar surface area (TPSA) is 52.6 Å². The summed E-state index contributed by atoms with van der Waals surface area (Å²) < 4.78 is 36.3. The summed E-state index contributed by atoms with van der Waals surface area (Å²) in [6.07, 6.45) is -4.99. The molecule has 0 fully saturated rings. The lowest BCUT2D eigenvalue weighted by Crippen LogP contribution is -2.42. The molecule has 9 heteroatoms. The Labute approximate surface area is 141 Å². The Bertz CT molecular complexity index is 610. The molecule has 0 saturated carbocycles. The number of likely N-dealkylation sites (N-methyl/N-ethyl adjacent to an activating group) is 1. The molecule has 1 aromatic rings. The minimum atomic E-state index is -4.46. The van der Waals surface area contributed by atoms with Crippen LogP contribution in [0, 0.1) is 0 Å². The predicted molar refractivity (Wildman–Crippen MR) is 80.6 cm³/mol. The van der Waals surface area contributed by atoms with E-state index in [0.29, 0.717) is 22.0 Å². The molecule has 1 aliphatic rings. The van der Waals surface area contributed by atoms with Gasteiger partial charge in [-0.2, -0.15) is 13.2 Å². The van der Waals surface area contributed by atoms with Crippen LogP contribution in [0.3, 0.4) is 0 Å². The maximum atomic E-state index is 12.1. The third kappa shape index (κ3) is 4.50. The SMILES string of the molecule is CN(CC(=O)NCC(F)(F)F)C1c2cc(Cl)cc(Cl)c2CC1O. The van der Waals surface area contributed by atoms with Crippen molar-refractivity contribution in [2.45, 2.75) is 24.7 Å². The molecule has 2 atom stereocenters. The van der Waals surface area contributed by atoms with Gasteiger partial charge >= 0.3 is 6.18 Å². The summed E-state index contributed by atoms with van der Waals surface area (Å²) in [5.74, 6) is -0.779. The summed E-state index contributed by atoms with van der Waals surface area (Å²) in [5.41, 5.74) is 1.41. The zero-order valence-electron chi connectivity index (χ0n) is 12.1. The predicted octanol–water partition coefficient (Wildman–Crippen LogP) is 2.56. The number of nitrogens with one attached hydrogen (secondary N) is 1. The van der Waals surface area contributed by atoms with E-state index in [0.717, 1.165) is 5.56 Å². The van der Waals surface area contributed by atoms with Crippen molar-refractivity contribution in [1.82, 2.24) is 10.2 Å². The van der Waals surface area contributed by atoms with E-state index in [4.69, 9.17) is 23.2 Å². The summed E-state index contributed by atoms with van der Waals surface area (Å²) in [5, 5.41) is 12.8. The van der Waals surface area contributed by atoms with Gasteiger partial charge in [0.25, 0.3) is 0 Å². The molecule has 0 bridgehead atoms. The van der Waals surface area contributed by atoms with Gasteiger partial charge in [0, 0.05) is 16.5 Å².